The summed E-state index contributed by atoms with van der Waals surface area (Å²) < 4.78 is 7.70. The minimum atomic E-state index is -0.165. The lowest BCUT2D eigenvalue weighted by molar-refractivity contribution is 0.103. The smallest absolute Gasteiger partial charge is 0.267 e. The molecule has 0 saturated carbocycles. The molecule has 4 rings (SSSR count). The molecule has 1 amide bonds. The van der Waals surface area contributed by atoms with E-state index in [1.165, 1.54) is 22.7 Å². The fourth-order valence-electron chi connectivity index (χ4n) is 2.74. The first-order chi connectivity index (χ1) is 14.1. The number of para-hydroxylation sites is 1. The van der Waals surface area contributed by atoms with E-state index < -0.39 is 0 Å². The van der Waals surface area contributed by atoms with Crippen molar-refractivity contribution in [1.82, 2.24) is 14.8 Å². The third-order valence-electron chi connectivity index (χ3n) is 4.34. The number of rotatable bonds is 7. The molecule has 0 aliphatic carbocycles. The molecular formula is C21H20N4O2S2. The van der Waals surface area contributed by atoms with Gasteiger partial charge >= 0.3 is 0 Å². The maximum atomic E-state index is 12.6. The summed E-state index contributed by atoms with van der Waals surface area (Å²) in [5, 5.41) is 11.6. The highest BCUT2D eigenvalue weighted by Gasteiger charge is 2.13. The fraction of sp³-hybridized carbons (Fsp3) is 0.190. The second kappa shape index (κ2) is 8.59. The highest BCUT2D eigenvalue weighted by molar-refractivity contribution is 7.14. The Morgan fingerprint density at radius 2 is 2.10 bits per heavy atom. The Morgan fingerprint density at radius 3 is 2.90 bits per heavy atom. The van der Waals surface area contributed by atoms with Crippen LogP contribution in [-0.4, -0.2) is 20.7 Å². The number of thiazole rings is 1. The van der Waals surface area contributed by atoms with Crippen molar-refractivity contribution in [2.45, 2.75) is 27.0 Å². The number of hydrogen-bond acceptors (Lipinski definition) is 6. The van der Waals surface area contributed by atoms with Gasteiger partial charge in [-0.2, -0.15) is 5.10 Å². The number of nitrogens with one attached hydrogen (secondary N) is 1. The van der Waals surface area contributed by atoms with E-state index in [1.807, 2.05) is 65.8 Å². The summed E-state index contributed by atoms with van der Waals surface area (Å²) in [6.45, 7) is 5.28. The van der Waals surface area contributed by atoms with E-state index in [2.05, 4.69) is 15.4 Å². The lowest BCUT2D eigenvalue weighted by Crippen LogP contribution is -2.09. The van der Waals surface area contributed by atoms with Gasteiger partial charge in [0, 0.05) is 29.2 Å². The third-order valence-corrected chi connectivity index (χ3v) is 6.08. The monoisotopic (exact) mass is 424 g/mol. The van der Waals surface area contributed by atoms with Crippen molar-refractivity contribution in [3.05, 3.63) is 69.5 Å². The van der Waals surface area contributed by atoms with E-state index in [0.717, 1.165) is 34.7 Å². The first kappa shape index (κ1) is 19.4. The molecule has 1 aromatic carbocycles. The minimum absolute atomic E-state index is 0.165. The molecule has 8 heteroatoms. The van der Waals surface area contributed by atoms with Gasteiger partial charge in [0.05, 0.1) is 16.8 Å². The summed E-state index contributed by atoms with van der Waals surface area (Å²) in [6, 6.07) is 9.74. The van der Waals surface area contributed by atoms with Crippen LogP contribution in [0.15, 0.2) is 53.5 Å². The van der Waals surface area contributed by atoms with E-state index in [4.69, 9.17) is 4.74 Å². The molecule has 0 aliphatic rings. The van der Waals surface area contributed by atoms with Crippen LogP contribution in [0.2, 0.25) is 0 Å². The largest absolute Gasteiger partial charge is 0.489 e. The van der Waals surface area contributed by atoms with Crippen LogP contribution in [0.3, 0.4) is 0 Å². The molecular weight excluding hydrogens is 404 g/mol. The molecule has 4 aromatic rings. The van der Waals surface area contributed by atoms with Gasteiger partial charge in [-0.25, -0.2) is 4.98 Å². The average molecular weight is 425 g/mol. The predicted octanol–water partition coefficient (Wildman–Crippen LogP) is 5.23. The van der Waals surface area contributed by atoms with E-state index in [9.17, 15) is 4.79 Å². The highest BCUT2D eigenvalue weighted by Crippen LogP contribution is 2.26. The van der Waals surface area contributed by atoms with Crippen LogP contribution in [0.1, 0.15) is 27.7 Å². The first-order valence-corrected chi connectivity index (χ1v) is 10.9. The van der Waals surface area contributed by atoms with Crippen LogP contribution in [0, 0.1) is 6.92 Å². The first-order valence-electron chi connectivity index (χ1n) is 9.18. The summed E-state index contributed by atoms with van der Waals surface area (Å²) in [4.78, 5) is 17.7. The van der Waals surface area contributed by atoms with E-state index in [1.54, 1.807) is 6.20 Å². The summed E-state index contributed by atoms with van der Waals surface area (Å²) in [6.07, 6.45) is 3.73. The number of carbonyl (C=O) groups excluding carboxylic acids is 1. The van der Waals surface area contributed by atoms with Crippen molar-refractivity contribution in [2.75, 3.05) is 5.32 Å². The van der Waals surface area contributed by atoms with Crippen LogP contribution >= 0.6 is 22.7 Å². The van der Waals surface area contributed by atoms with E-state index in [-0.39, 0.29) is 5.91 Å². The number of ether oxygens (including phenoxy) is 1. The minimum Gasteiger partial charge on any atom is -0.489 e. The average Bonchev–Trinajstić information content (AvgIpc) is 3.47. The number of aryl methyl sites for hydroxylation is 2. The van der Waals surface area contributed by atoms with Crippen LogP contribution in [-0.2, 0) is 13.2 Å². The van der Waals surface area contributed by atoms with E-state index >= 15 is 0 Å². The van der Waals surface area contributed by atoms with Gasteiger partial charge in [-0.15, -0.1) is 22.7 Å². The number of amides is 1. The molecule has 0 atom stereocenters. The fourth-order valence-corrected chi connectivity index (χ4v) is 4.25. The van der Waals surface area contributed by atoms with Gasteiger partial charge < -0.3 is 4.74 Å². The van der Waals surface area contributed by atoms with Crippen molar-refractivity contribution >= 4 is 33.7 Å². The normalized spacial score (nSPS) is 10.8. The number of nitrogens with zero attached hydrogens (tertiary/aromatic N) is 3. The molecule has 3 aromatic heterocycles. The Morgan fingerprint density at radius 1 is 1.24 bits per heavy atom. The second-order valence-corrected chi connectivity index (χ2v) is 8.22. The molecule has 0 aliphatic heterocycles. The number of carbonyl (C=O) groups is 1. The Bertz CT molecular complexity index is 1130. The maximum Gasteiger partial charge on any atom is 0.267 e. The molecule has 0 radical (unpaired) electrons. The van der Waals surface area contributed by atoms with Crippen molar-refractivity contribution < 1.29 is 9.53 Å². The number of hydrogen-bond donors (Lipinski definition) is 1. The van der Waals surface area contributed by atoms with Crippen molar-refractivity contribution in [1.29, 1.82) is 0 Å². The molecule has 0 spiro atoms. The molecule has 0 saturated heterocycles. The zero-order chi connectivity index (χ0) is 20.2. The van der Waals surface area contributed by atoms with Gasteiger partial charge in [0.15, 0.2) is 5.13 Å². The maximum absolute atomic E-state index is 12.6. The predicted molar refractivity (Wildman–Crippen MR) is 117 cm³/mol. The van der Waals surface area contributed by atoms with Gasteiger partial charge in [-0.3, -0.25) is 14.8 Å². The third kappa shape index (κ3) is 4.55. The SMILES string of the molecule is CCn1cc(-c2csc(NC(=O)c3cc(COc4ccccc4C)cs3)n2)cn1. The summed E-state index contributed by atoms with van der Waals surface area (Å²) in [5.41, 5.74) is 3.80. The second-order valence-electron chi connectivity index (χ2n) is 6.45. The molecule has 0 unspecified atom stereocenters. The number of benzene rings is 1. The van der Waals surface area contributed by atoms with Gasteiger partial charge in [0.1, 0.15) is 12.4 Å². The molecule has 3 heterocycles. The summed E-state index contributed by atoms with van der Waals surface area (Å²) in [5.74, 6) is 0.689. The van der Waals surface area contributed by atoms with Crippen LogP contribution in [0.4, 0.5) is 5.13 Å². The number of anilines is 1. The van der Waals surface area contributed by atoms with Gasteiger partial charge in [-0.05, 0) is 36.9 Å². The van der Waals surface area contributed by atoms with Crippen LogP contribution in [0.25, 0.3) is 11.3 Å². The summed E-state index contributed by atoms with van der Waals surface area (Å²) >= 11 is 2.80. The molecule has 0 fully saturated rings. The Hall–Kier alpha value is -2.97. The highest BCUT2D eigenvalue weighted by atomic mass is 32.1. The summed E-state index contributed by atoms with van der Waals surface area (Å²) in [7, 11) is 0. The van der Waals surface area contributed by atoms with Gasteiger partial charge in [0.25, 0.3) is 5.91 Å². The number of thiophene rings is 1. The van der Waals surface area contributed by atoms with Crippen molar-refractivity contribution in [3.8, 4) is 17.0 Å². The standard InChI is InChI=1S/C21H20N4O2S2/c1-3-25-10-16(9-22-25)17-13-29-21(23-17)24-20(26)19-8-15(12-28-19)11-27-18-7-5-4-6-14(18)2/h4-10,12-13H,3,11H2,1-2H3,(H,23,24,26). The molecule has 6 nitrogen and oxygen atoms in total. The quantitative estimate of drug-likeness (QED) is 0.441. The Labute approximate surface area is 176 Å². The molecule has 0 bridgehead atoms. The molecule has 29 heavy (non-hydrogen) atoms. The Balaban J connectivity index is 1.37. The van der Waals surface area contributed by atoms with Crippen LogP contribution < -0.4 is 10.1 Å². The Kier molecular flexibility index (Phi) is 5.73. The van der Waals surface area contributed by atoms with Gasteiger partial charge in [0.2, 0.25) is 0 Å². The number of aromatic nitrogens is 3. The molecule has 1 N–H and O–H groups in total. The lowest BCUT2D eigenvalue weighted by Gasteiger charge is -2.07. The van der Waals surface area contributed by atoms with Crippen molar-refractivity contribution in [3.63, 3.8) is 0 Å². The zero-order valence-electron chi connectivity index (χ0n) is 16.1. The van der Waals surface area contributed by atoms with Crippen LogP contribution in [0.5, 0.6) is 5.75 Å². The topological polar surface area (TPSA) is 69.0 Å². The zero-order valence-corrected chi connectivity index (χ0v) is 17.7. The van der Waals surface area contributed by atoms with Gasteiger partial charge in [-0.1, -0.05) is 18.2 Å². The van der Waals surface area contributed by atoms with E-state index in [0.29, 0.717) is 16.6 Å². The lowest BCUT2D eigenvalue weighted by atomic mass is 10.2. The van der Waals surface area contributed by atoms with Crippen molar-refractivity contribution in [2.24, 2.45) is 0 Å². The molecule has 148 valence electrons.